The van der Waals surface area contributed by atoms with Crippen molar-refractivity contribution >= 4 is 5.91 Å². The summed E-state index contributed by atoms with van der Waals surface area (Å²) in [5.41, 5.74) is 0. The highest BCUT2D eigenvalue weighted by molar-refractivity contribution is 5.80. The zero-order valence-electron chi connectivity index (χ0n) is 12.7. The van der Waals surface area contributed by atoms with Gasteiger partial charge in [-0.05, 0) is 52.5 Å². The first-order chi connectivity index (χ1) is 9.65. The molecule has 2 saturated heterocycles. The zero-order valence-corrected chi connectivity index (χ0v) is 12.7. The summed E-state index contributed by atoms with van der Waals surface area (Å²) in [7, 11) is 0. The summed E-state index contributed by atoms with van der Waals surface area (Å²) in [6, 6.07) is 0.747. The van der Waals surface area contributed by atoms with Crippen molar-refractivity contribution in [3.8, 4) is 0 Å². The molecule has 0 radical (unpaired) electrons. The first kappa shape index (κ1) is 15.7. The van der Waals surface area contributed by atoms with Gasteiger partial charge >= 0.3 is 0 Å². The van der Waals surface area contributed by atoms with Crippen molar-refractivity contribution in [1.82, 2.24) is 10.6 Å². The molecule has 0 spiro atoms. The van der Waals surface area contributed by atoms with Crippen LogP contribution in [0, 0.1) is 0 Å². The van der Waals surface area contributed by atoms with Crippen molar-refractivity contribution < 1.29 is 14.3 Å². The number of hydrogen-bond acceptors (Lipinski definition) is 4. The normalized spacial score (nSPS) is 32.6. The minimum Gasteiger partial charge on any atom is -0.376 e. The van der Waals surface area contributed by atoms with E-state index in [1.807, 2.05) is 6.92 Å². The van der Waals surface area contributed by atoms with E-state index in [0.29, 0.717) is 12.6 Å². The molecule has 0 aromatic carbocycles. The lowest BCUT2D eigenvalue weighted by Gasteiger charge is -2.30. The summed E-state index contributed by atoms with van der Waals surface area (Å²) >= 11 is 0. The van der Waals surface area contributed by atoms with Crippen LogP contribution in [0.4, 0.5) is 0 Å². The molecule has 2 rings (SSSR count). The maximum atomic E-state index is 12.1. The number of ether oxygens (including phenoxy) is 2. The van der Waals surface area contributed by atoms with E-state index >= 15 is 0 Å². The largest absolute Gasteiger partial charge is 0.376 e. The van der Waals surface area contributed by atoms with Gasteiger partial charge < -0.3 is 20.1 Å². The van der Waals surface area contributed by atoms with E-state index in [0.717, 1.165) is 38.8 Å². The van der Waals surface area contributed by atoms with E-state index in [9.17, 15) is 4.79 Å². The SMILES string of the molecule is CC1CC(NC(=O)C(C)OCC2CCCCO2)CCN1. The Kier molecular flexibility index (Phi) is 6.26. The molecule has 2 fully saturated rings. The molecular formula is C15H28N2O3. The van der Waals surface area contributed by atoms with Gasteiger partial charge in [0.05, 0.1) is 12.7 Å². The minimum absolute atomic E-state index is 0.0000839. The highest BCUT2D eigenvalue weighted by atomic mass is 16.5. The molecule has 1 amide bonds. The Bertz CT molecular complexity index is 305. The van der Waals surface area contributed by atoms with Gasteiger partial charge in [0.25, 0.3) is 0 Å². The summed E-state index contributed by atoms with van der Waals surface area (Å²) in [6.45, 7) is 6.29. The predicted octanol–water partition coefficient (Wildman–Crippen LogP) is 1.22. The maximum Gasteiger partial charge on any atom is 0.249 e. The predicted molar refractivity (Wildman–Crippen MR) is 77.6 cm³/mol. The summed E-state index contributed by atoms with van der Waals surface area (Å²) in [5, 5.41) is 6.48. The first-order valence-corrected chi connectivity index (χ1v) is 7.92. The van der Waals surface area contributed by atoms with Crippen LogP contribution in [0.3, 0.4) is 0 Å². The van der Waals surface area contributed by atoms with Gasteiger partial charge in [0.15, 0.2) is 0 Å². The van der Waals surface area contributed by atoms with Crippen LogP contribution in [0.2, 0.25) is 0 Å². The molecule has 0 saturated carbocycles. The topological polar surface area (TPSA) is 59.6 Å². The highest BCUT2D eigenvalue weighted by Crippen LogP contribution is 2.14. The quantitative estimate of drug-likeness (QED) is 0.797. The van der Waals surface area contributed by atoms with Crippen LogP contribution >= 0.6 is 0 Å². The molecule has 4 unspecified atom stereocenters. The third-order valence-corrected chi connectivity index (χ3v) is 4.15. The van der Waals surface area contributed by atoms with Crippen molar-refractivity contribution in [2.45, 2.75) is 70.2 Å². The van der Waals surface area contributed by atoms with E-state index in [-0.39, 0.29) is 18.1 Å². The second-order valence-electron chi connectivity index (χ2n) is 6.05. The zero-order chi connectivity index (χ0) is 14.4. The van der Waals surface area contributed by atoms with Crippen molar-refractivity contribution in [3.63, 3.8) is 0 Å². The number of hydrogen-bond donors (Lipinski definition) is 2. The summed E-state index contributed by atoms with van der Waals surface area (Å²) in [5.74, 6) is -0.0000839. The molecule has 0 bridgehead atoms. The molecule has 0 aromatic rings. The van der Waals surface area contributed by atoms with Gasteiger partial charge in [-0.1, -0.05) is 0 Å². The van der Waals surface area contributed by atoms with Crippen LogP contribution in [0.5, 0.6) is 0 Å². The van der Waals surface area contributed by atoms with Crippen molar-refractivity contribution in [2.24, 2.45) is 0 Å². The second-order valence-corrected chi connectivity index (χ2v) is 6.05. The summed E-state index contributed by atoms with van der Waals surface area (Å²) < 4.78 is 11.3. The van der Waals surface area contributed by atoms with E-state index < -0.39 is 6.10 Å². The lowest BCUT2D eigenvalue weighted by atomic mass is 10.0. The smallest absolute Gasteiger partial charge is 0.249 e. The van der Waals surface area contributed by atoms with E-state index in [2.05, 4.69) is 17.6 Å². The molecule has 2 aliphatic heterocycles. The number of carbonyl (C=O) groups excluding carboxylic acids is 1. The van der Waals surface area contributed by atoms with Crippen LogP contribution in [-0.4, -0.2) is 50.0 Å². The van der Waals surface area contributed by atoms with Crippen molar-refractivity contribution in [1.29, 1.82) is 0 Å². The Morgan fingerprint density at radius 3 is 3.00 bits per heavy atom. The fourth-order valence-corrected chi connectivity index (χ4v) is 2.85. The minimum atomic E-state index is -0.397. The average Bonchev–Trinajstić information content (AvgIpc) is 2.46. The Hall–Kier alpha value is -0.650. The monoisotopic (exact) mass is 284 g/mol. The van der Waals surface area contributed by atoms with E-state index in [1.165, 1.54) is 6.42 Å². The standard InChI is InChI=1S/C15H28N2O3/c1-11-9-13(6-7-16-11)17-15(18)12(2)20-10-14-5-3-4-8-19-14/h11-14,16H,3-10H2,1-2H3,(H,17,18). The van der Waals surface area contributed by atoms with Gasteiger partial charge in [-0.3, -0.25) is 4.79 Å². The molecule has 5 heteroatoms. The van der Waals surface area contributed by atoms with Crippen LogP contribution < -0.4 is 10.6 Å². The molecule has 2 N–H and O–H groups in total. The molecule has 20 heavy (non-hydrogen) atoms. The van der Waals surface area contributed by atoms with E-state index in [4.69, 9.17) is 9.47 Å². The lowest BCUT2D eigenvalue weighted by Crippen LogP contribution is -2.49. The second kappa shape index (κ2) is 7.96. The summed E-state index contributed by atoms with van der Waals surface area (Å²) in [4.78, 5) is 12.1. The van der Waals surface area contributed by atoms with Gasteiger partial charge in [0.1, 0.15) is 6.10 Å². The Labute approximate surface area is 121 Å². The number of amides is 1. The molecule has 116 valence electrons. The van der Waals surface area contributed by atoms with Crippen LogP contribution in [0.25, 0.3) is 0 Å². The average molecular weight is 284 g/mol. The van der Waals surface area contributed by atoms with Gasteiger partial charge in [0.2, 0.25) is 5.91 Å². The number of carbonyl (C=O) groups is 1. The molecule has 2 heterocycles. The van der Waals surface area contributed by atoms with Gasteiger partial charge in [-0.25, -0.2) is 0 Å². The van der Waals surface area contributed by atoms with Crippen molar-refractivity contribution in [3.05, 3.63) is 0 Å². The van der Waals surface area contributed by atoms with Gasteiger partial charge in [-0.15, -0.1) is 0 Å². The molecule has 5 nitrogen and oxygen atoms in total. The van der Waals surface area contributed by atoms with Gasteiger partial charge in [-0.2, -0.15) is 0 Å². The maximum absolute atomic E-state index is 12.1. The fourth-order valence-electron chi connectivity index (χ4n) is 2.85. The third kappa shape index (κ3) is 5.04. The van der Waals surface area contributed by atoms with Gasteiger partial charge in [0, 0.05) is 18.7 Å². The lowest BCUT2D eigenvalue weighted by molar-refractivity contribution is -0.136. The highest BCUT2D eigenvalue weighted by Gasteiger charge is 2.23. The first-order valence-electron chi connectivity index (χ1n) is 7.92. The molecule has 0 aromatic heterocycles. The van der Waals surface area contributed by atoms with Crippen LogP contribution in [0.1, 0.15) is 46.0 Å². The Morgan fingerprint density at radius 1 is 1.45 bits per heavy atom. The third-order valence-electron chi connectivity index (χ3n) is 4.15. The fraction of sp³-hybridized carbons (Fsp3) is 0.933. The van der Waals surface area contributed by atoms with E-state index in [1.54, 1.807) is 0 Å². The molecule has 4 atom stereocenters. The Balaban J connectivity index is 1.65. The number of rotatable bonds is 5. The van der Waals surface area contributed by atoms with Crippen molar-refractivity contribution in [2.75, 3.05) is 19.8 Å². The number of piperidine rings is 1. The molecular weight excluding hydrogens is 256 g/mol. The number of nitrogens with one attached hydrogen (secondary N) is 2. The van der Waals surface area contributed by atoms with Crippen LogP contribution in [0.15, 0.2) is 0 Å². The molecule has 2 aliphatic rings. The van der Waals surface area contributed by atoms with Crippen LogP contribution in [-0.2, 0) is 14.3 Å². The Morgan fingerprint density at radius 2 is 2.30 bits per heavy atom. The molecule has 0 aliphatic carbocycles. The summed E-state index contributed by atoms with van der Waals surface area (Å²) in [6.07, 6.45) is 5.13.